The fourth-order valence-corrected chi connectivity index (χ4v) is 2.54. The van der Waals surface area contributed by atoms with E-state index in [0.717, 1.165) is 13.0 Å². The number of hydrogen-bond acceptors (Lipinski definition) is 0. The van der Waals surface area contributed by atoms with Crippen LogP contribution in [0.3, 0.4) is 0 Å². The molecule has 0 N–H and O–H groups in total. The van der Waals surface area contributed by atoms with Gasteiger partial charge in [0.1, 0.15) is 0 Å². The fourth-order valence-electron chi connectivity index (χ4n) is 2.07. The molecule has 2 heteroatoms. The lowest BCUT2D eigenvalue weighted by Crippen LogP contribution is -2.04. The van der Waals surface area contributed by atoms with E-state index >= 15 is 0 Å². The maximum atomic E-state index is 3.59. The lowest BCUT2D eigenvalue weighted by molar-refractivity contribution is 0.782. The Labute approximate surface area is 91.2 Å². The van der Waals surface area contributed by atoms with Crippen LogP contribution in [0.25, 0.3) is 10.9 Å². The SMILES string of the molecule is Brc1cccc2c1cc1n2CC=CC1. The molecule has 0 unspecified atom stereocenters. The van der Waals surface area contributed by atoms with Crippen LogP contribution in [-0.2, 0) is 13.0 Å². The van der Waals surface area contributed by atoms with Gasteiger partial charge in [-0.25, -0.2) is 0 Å². The minimum Gasteiger partial charge on any atom is -0.340 e. The molecule has 0 bridgehead atoms. The van der Waals surface area contributed by atoms with Gasteiger partial charge in [0.2, 0.25) is 0 Å². The number of fused-ring (bicyclic) bond motifs is 3. The van der Waals surface area contributed by atoms with Crippen LogP contribution in [0.2, 0.25) is 0 Å². The maximum absolute atomic E-state index is 3.59. The van der Waals surface area contributed by atoms with Crippen molar-refractivity contribution in [3.05, 3.63) is 46.6 Å². The number of halogens is 1. The van der Waals surface area contributed by atoms with Gasteiger partial charge in [0.25, 0.3) is 0 Å². The third-order valence-electron chi connectivity index (χ3n) is 2.76. The summed E-state index contributed by atoms with van der Waals surface area (Å²) in [6, 6.07) is 8.66. The summed E-state index contributed by atoms with van der Waals surface area (Å²) in [6.45, 7) is 1.01. The van der Waals surface area contributed by atoms with Gasteiger partial charge in [-0.3, -0.25) is 0 Å². The first-order chi connectivity index (χ1) is 6.86. The molecule has 0 radical (unpaired) electrons. The summed E-state index contributed by atoms with van der Waals surface area (Å²) < 4.78 is 3.57. The highest BCUT2D eigenvalue weighted by molar-refractivity contribution is 9.10. The van der Waals surface area contributed by atoms with Gasteiger partial charge in [-0.2, -0.15) is 0 Å². The molecule has 70 valence electrons. The third kappa shape index (κ3) is 1.07. The smallest absolute Gasteiger partial charge is 0.0497 e. The average Bonchev–Trinajstić information content (AvgIpc) is 2.59. The molecule has 14 heavy (non-hydrogen) atoms. The Hall–Kier alpha value is -1.02. The van der Waals surface area contributed by atoms with E-state index in [9.17, 15) is 0 Å². The Balaban J connectivity index is 2.39. The molecule has 2 heterocycles. The zero-order valence-electron chi connectivity index (χ0n) is 7.70. The molecular formula is C12H10BrN. The molecule has 1 aromatic heterocycles. The zero-order chi connectivity index (χ0) is 9.54. The van der Waals surface area contributed by atoms with Crippen molar-refractivity contribution in [3.63, 3.8) is 0 Å². The first-order valence-corrected chi connectivity index (χ1v) is 5.57. The van der Waals surface area contributed by atoms with Gasteiger partial charge in [0, 0.05) is 34.0 Å². The number of benzene rings is 1. The van der Waals surface area contributed by atoms with E-state index in [1.807, 2.05) is 0 Å². The molecule has 0 spiro atoms. The second kappa shape index (κ2) is 2.99. The van der Waals surface area contributed by atoms with Crippen LogP contribution in [0, 0.1) is 0 Å². The minimum absolute atomic E-state index is 1.01. The van der Waals surface area contributed by atoms with Crippen molar-refractivity contribution in [2.45, 2.75) is 13.0 Å². The van der Waals surface area contributed by atoms with Crippen LogP contribution in [0.15, 0.2) is 40.9 Å². The van der Waals surface area contributed by atoms with Gasteiger partial charge >= 0.3 is 0 Å². The lowest BCUT2D eigenvalue weighted by atomic mass is 10.2. The zero-order valence-corrected chi connectivity index (χ0v) is 9.29. The predicted molar refractivity (Wildman–Crippen MR) is 62.5 cm³/mol. The van der Waals surface area contributed by atoms with Crippen molar-refractivity contribution in [1.29, 1.82) is 0 Å². The van der Waals surface area contributed by atoms with E-state index in [1.165, 1.54) is 21.1 Å². The van der Waals surface area contributed by atoms with Crippen LogP contribution in [-0.4, -0.2) is 4.57 Å². The monoisotopic (exact) mass is 247 g/mol. The second-order valence-electron chi connectivity index (χ2n) is 3.59. The number of hydrogen-bond donors (Lipinski definition) is 0. The Morgan fingerprint density at radius 2 is 2.14 bits per heavy atom. The molecule has 0 amide bonds. The highest BCUT2D eigenvalue weighted by atomic mass is 79.9. The largest absolute Gasteiger partial charge is 0.340 e. The van der Waals surface area contributed by atoms with E-state index < -0.39 is 0 Å². The quantitative estimate of drug-likeness (QED) is 0.628. The molecule has 1 nitrogen and oxygen atoms in total. The van der Waals surface area contributed by atoms with Gasteiger partial charge < -0.3 is 4.57 Å². The van der Waals surface area contributed by atoms with E-state index in [4.69, 9.17) is 0 Å². The van der Waals surface area contributed by atoms with Crippen LogP contribution in [0.1, 0.15) is 5.69 Å². The van der Waals surface area contributed by atoms with E-state index in [0.29, 0.717) is 0 Å². The van der Waals surface area contributed by atoms with Crippen LogP contribution < -0.4 is 0 Å². The van der Waals surface area contributed by atoms with Crippen LogP contribution >= 0.6 is 15.9 Å². The second-order valence-corrected chi connectivity index (χ2v) is 4.45. The first kappa shape index (κ1) is 8.30. The average molecular weight is 248 g/mol. The van der Waals surface area contributed by atoms with Crippen molar-refractivity contribution >= 4 is 26.8 Å². The van der Waals surface area contributed by atoms with Crippen molar-refractivity contribution < 1.29 is 0 Å². The summed E-state index contributed by atoms with van der Waals surface area (Å²) in [7, 11) is 0. The summed E-state index contributed by atoms with van der Waals surface area (Å²) in [4.78, 5) is 0. The van der Waals surface area contributed by atoms with E-state index in [-0.39, 0.29) is 0 Å². The summed E-state index contributed by atoms with van der Waals surface area (Å²) >= 11 is 3.59. The number of rotatable bonds is 0. The van der Waals surface area contributed by atoms with Gasteiger partial charge in [0.05, 0.1) is 0 Å². The Morgan fingerprint density at radius 1 is 1.21 bits per heavy atom. The molecule has 0 fully saturated rings. The van der Waals surface area contributed by atoms with E-state index in [1.54, 1.807) is 0 Å². The molecule has 3 rings (SSSR count). The van der Waals surface area contributed by atoms with Crippen molar-refractivity contribution in [2.75, 3.05) is 0 Å². The summed E-state index contributed by atoms with van der Waals surface area (Å²) in [5.74, 6) is 0. The standard InChI is InChI=1S/C12H10BrN/c13-11-5-3-6-12-10(11)8-9-4-1-2-7-14(9)12/h1-3,5-6,8H,4,7H2. The maximum Gasteiger partial charge on any atom is 0.0497 e. The molecule has 0 aliphatic carbocycles. The van der Waals surface area contributed by atoms with E-state index in [2.05, 4.69) is 56.9 Å². The van der Waals surface area contributed by atoms with Crippen molar-refractivity contribution in [3.8, 4) is 0 Å². The first-order valence-electron chi connectivity index (χ1n) is 4.78. The lowest BCUT2D eigenvalue weighted by Gasteiger charge is -2.10. The highest BCUT2D eigenvalue weighted by Gasteiger charge is 2.10. The molecule has 1 aromatic carbocycles. The van der Waals surface area contributed by atoms with Crippen molar-refractivity contribution in [2.24, 2.45) is 0 Å². The molecule has 1 aliphatic heterocycles. The Morgan fingerprint density at radius 3 is 3.07 bits per heavy atom. The Kier molecular flexibility index (Phi) is 1.77. The highest BCUT2D eigenvalue weighted by Crippen LogP contribution is 2.28. The van der Waals surface area contributed by atoms with Gasteiger partial charge in [-0.15, -0.1) is 0 Å². The predicted octanol–water partition coefficient (Wildman–Crippen LogP) is 3.52. The van der Waals surface area contributed by atoms with Crippen LogP contribution in [0.5, 0.6) is 0 Å². The van der Waals surface area contributed by atoms with Crippen LogP contribution in [0.4, 0.5) is 0 Å². The minimum atomic E-state index is 1.01. The number of allylic oxidation sites excluding steroid dienone is 2. The molecule has 1 aliphatic rings. The topological polar surface area (TPSA) is 4.93 Å². The normalized spacial score (nSPS) is 14.6. The number of aromatic nitrogens is 1. The molecule has 0 saturated carbocycles. The Bertz CT molecular complexity index is 522. The number of nitrogens with zero attached hydrogens (tertiary/aromatic N) is 1. The molecule has 2 aromatic rings. The fraction of sp³-hybridized carbons (Fsp3) is 0.167. The molecular weight excluding hydrogens is 238 g/mol. The molecule has 0 saturated heterocycles. The van der Waals surface area contributed by atoms with Gasteiger partial charge in [-0.05, 0) is 18.2 Å². The van der Waals surface area contributed by atoms with Gasteiger partial charge in [0.15, 0.2) is 0 Å². The summed E-state index contributed by atoms with van der Waals surface area (Å²) in [5.41, 5.74) is 2.74. The summed E-state index contributed by atoms with van der Waals surface area (Å²) in [5, 5.41) is 1.33. The van der Waals surface area contributed by atoms with Gasteiger partial charge in [-0.1, -0.05) is 34.1 Å². The molecule has 0 atom stereocenters. The third-order valence-corrected chi connectivity index (χ3v) is 3.45. The summed E-state index contributed by atoms with van der Waals surface area (Å²) in [6.07, 6.45) is 5.52. The van der Waals surface area contributed by atoms with Crippen molar-refractivity contribution in [1.82, 2.24) is 4.57 Å².